The lowest BCUT2D eigenvalue weighted by atomic mass is 10.2. The predicted octanol–water partition coefficient (Wildman–Crippen LogP) is 2.36. The van der Waals surface area contributed by atoms with Crippen LogP contribution in [-0.4, -0.2) is 11.6 Å². The van der Waals surface area contributed by atoms with Gasteiger partial charge in [-0.1, -0.05) is 13.0 Å². The Balaban J connectivity index is 2.52. The zero-order chi connectivity index (χ0) is 6.69. The van der Waals surface area contributed by atoms with Gasteiger partial charge in [0.25, 0.3) is 0 Å². The van der Waals surface area contributed by atoms with Crippen molar-refractivity contribution in [3.8, 4) is 0 Å². The molecule has 0 spiro atoms. The zero-order valence-corrected chi connectivity index (χ0v) is 6.28. The summed E-state index contributed by atoms with van der Waals surface area (Å²) in [4.78, 5) is 4.27. The fraction of sp³-hybridized carbons (Fsp3) is 0.571. The van der Waals surface area contributed by atoms with E-state index >= 15 is 0 Å². The molecule has 9 heavy (non-hydrogen) atoms. The molecule has 0 N–H and O–H groups in total. The Kier molecular flexibility index (Phi) is 2.29. The van der Waals surface area contributed by atoms with Crippen molar-refractivity contribution >= 4 is 17.3 Å². The molecule has 1 nitrogen and oxygen atoms in total. The molecule has 1 rings (SSSR count). The molecule has 0 radical (unpaired) electrons. The number of allylic oxidation sites excluding steroid dienone is 2. The molecule has 0 fully saturated rings. The van der Waals surface area contributed by atoms with Gasteiger partial charge < -0.3 is 0 Å². The Hall–Kier alpha value is -0.300. The van der Waals surface area contributed by atoms with E-state index in [9.17, 15) is 0 Å². The minimum absolute atomic E-state index is 0.559. The van der Waals surface area contributed by atoms with Crippen LogP contribution in [0.4, 0.5) is 0 Å². The molecule has 0 unspecified atom stereocenters. The SMILES string of the molecule is CCC1=NC(CCl)=CC1. The second kappa shape index (κ2) is 3.02. The minimum Gasteiger partial charge on any atom is -0.261 e. The second-order valence-electron chi connectivity index (χ2n) is 2.06. The molecule has 0 atom stereocenters. The van der Waals surface area contributed by atoms with Gasteiger partial charge in [0.15, 0.2) is 0 Å². The molecule has 0 amide bonds. The molecule has 0 saturated carbocycles. The Bertz CT molecular complexity index is 158. The maximum absolute atomic E-state index is 5.55. The van der Waals surface area contributed by atoms with Crippen LogP contribution in [0.5, 0.6) is 0 Å². The Labute approximate surface area is 60.4 Å². The molecule has 1 aliphatic rings. The Morgan fingerprint density at radius 2 is 2.56 bits per heavy atom. The summed E-state index contributed by atoms with van der Waals surface area (Å²) >= 11 is 5.55. The van der Waals surface area contributed by atoms with Crippen LogP contribution in [0.2, 0.25) is 0 Å². The third-order valence-corrected chi connectivity index (χ3v) is 1.69. The van der Waals surface area contributed by atoms with Gasteiger partial charge in [-0.15, -0.1) is 11.6 Å². The lowest BCUT2D eigenvalue weighted by molar-refractivity contribution is 1.23. The second-order valence-corrected chi connectivity index (χ2v) is 2.33. The Morgan fingerprint density at radius 1 is 1.78 bits per heavy atom. The van der Waals surface area contributed by atoms with E-state index in [0.29, 0.717) is 5.88 Å². The lowest BCUT2D eigenvalue weighted by Gasteiger charge is -1.89. The molecule has 0 aromatic rings. The summed E-state index contributed by atoms with van der Waals surface area (Å²) in [5.41, 5.74) is 2.29. The van der Waals surface area contributed by atoms with Crippen molar-refractivity contribution in [1.82, 2.24) is 0 Å². The van der Waals surface area contributed by atoms with Gasteiger partial charge in [-0.25, -0.2) is 0 Å². The molecule has 0 saturated heterocycles. The van der Waals surface area contributed by atoms with Crippen LogP contribution in [0, 0.1) is 0 Å². The number of alkyl halides is 1. The molecule has 1 heterocycles. The van der Waals surface area contributed by atoms with Gasteiger partial charge in [-0.2, -0.15) is 0 Å². The summed E-state index contributed by atoms with van der Waals surface area (Å²) in [7, 11) is 0. The van der Waals surface area contributed by atoms with Crippen molar-refractivity contribution < 1.29 is 0 Å². The van der Waals surface area contributed by atoms with Crippen LogP contribution in [0.3, 0.4) is 0 Å². The monoisotopic (exact) mass is 143 g/mol. The van der Waals surface area contributed by atoms with E-state index in [0.717, 1.165) is 18.5 Å². The van der Waals surface area contributed by atoms with E-state index in [1.807, 2.05) is 0 Å². The number of hydrogen-bond acceptors (Lipinski definition) is 1. The number of halogens is 1. The molecule has 50 valence electrons. The standard InChI is InChI=1S/C7H10ClN/c1-2-6-3-4-7(5-8)9-6/h4H,2-3,5H2,1H3. The summed E-state index contributed by atoms with van der Waals surface area (Å²) < 4.78 is 0. The van der Waals surface area contributed by atoms with E-state index in [4.69, 9.17) is 11.6 Å². The average Bonchev–Trinajstić information content (AvgIpc) is 2.34. The third kappa shape index (κ3) is 1.55. The van der Waals surface area contributed by atoms with Crippen molar-refractivity contribution in [1.29, 1.82) is 0 Å². The lowest BCUT2D eigenvalue weighted by Crippen LogP contribution is -1.87. The minimum atomic E-state index is 0.559. The summed E-state index contributed by atoms with van der Waals surface area (Å²) in [6.45, 7) is 2.11. The first-order chi connectivity index (χ1) is 4.36. The smallest absolute Gasteiger partial charge is 0.0644 e. The molecule has 0 aromatic heterocycles. The predicted molar refractivity (Wildman–Crippen MR) is 41.1 cm³/mol. The van der Waals surface area contributed by atoms with Gasteiger partial charge in [0, 0.05) is 12.1 Å². The van der Waals surface area contributed by atoms with Crippen LogP contribution in [0.15, 0.2) is 16.8 Å². The van der Waals surface area contributed by atoms with Crippen LogP contribution in [0.1, 0.15) is 19.8 Å². The maximum atomic E-state index is 5.55. The highest BCUT2D eigenvalue weighted by Crippen LogP contribution is 2.12. The number of nitrogens with zero attached hydrogens (tertiary/aromatic N) is 1. The summed E-state index contributed by atoms with van der Waals surface area (Å²) in [6.07, 6.45) is 4.15. The van der Waals surface area contributed by atoms with Gasteiger partial charge >= 0.3 is 0 Å². The van der Waals surface area contributed by atoms with Crippen molar-refractivity contribution in [3.63, 3.8) is 0 Å². The van der Waals surface area contributed by atoms with E-state index in [-0.39, 0.29) is 0 Å². The summed E-state index contributed by atoms with van der Waals surface area (Å²) in [5.74, 6) is 0.559. The first-order valence-corrected chi connectivity index (χ1v) is 3.71. The quantitative estimate of drug-likeness (QED) is 0.527. The van der Waals surface area contributed by atoms with Crippen LogP contribution >= 0.6 is 11.6 Å². The number of rotatable bonds is 2. The van der Waals surface area contributed by atoms with Crippen molar-refractivity contribution in [2.24, 2.45) is 4.99 Å². The molecule has 2 heteroatoms. The molecule has 0 aliphatic carbocycles. The first kappa shape index (κ1) is 6.81. The van der Waals surface area contributed by atoms with E-state index in [1.165, 1.54) is 5.71 Å². The van der Waals surface area contributed by atoms with Gasteiger partial charge in [0.05, 0.1) is 11.6 Å². The fourth-order valence-corrected chi connectivity index (χ4v) is 1.01. The van der Waals surface area contributed by atoms with Gasteiger partial charge in [0.2, 0.25) is 0 Å². The van der Waals surface area contributed by atoms with Crippen molar-refractivity contribution in [2.45, 2.75) is 19.8 Å². The maximum Gasteiger partial charge on any atom is 0.0644 e. The van der Waals surface area contributed by atoms with Crippen molar-refractivity contribution in [2.75, 3.05) is 5.88 Å². The first-order valence-electron chi connectivity index (χ1n) is 3.18. The number of hydrogen-bond donors (Lipinski definition) is 0. The highest BCUT2D eigenvalue weighted by molar-refractivity contribution is 6.19. The summed E-state index contributed by atoms with van der Waals surface area (Å²) in [6, 6.07) is 0. The van der Waals surface area contributed by atoms with Crippen LogP contribution in [-0.2, 0) is 0 Å². The van der Waals surface area contributed by atoms with E-state index in [1.54, 1.807) is 0 Å². The van der Waals surface area contributed by atoms with Gasteiger partial charge in [0.1, 0.15) is 0 Å². The molecular formula is C7H10ClN. The third-order valence-electron chi connectivity index (χ3n) is 1.42. The Morgan fingerprint density at radius 3 is 2.89 bits per heavy atom. The highest BCUT2D eigenvalue weighted by atomic mass is 35.5. The van der Waals surface area contributed by atoms with Crippen LogP contribution < -0.4 is 0 Å². The largest absolute Gasteiger partial charge is 0.261 e. The molecule has 0 aromatic carbocycles. The van der Waals surface area contributed by atoms with E-state index in [2.05, 4.69) is 18.0 Å². The van der Waals surface area contributed by atoms with E-state index < -0.39 is 0 Å². The molecule has 1 aliphatic heterocycles. The highest BCUT2D eigenvalue weighted by Gasteiger charge is 2.03. The van der Waals surface area contributed by atoms with Gasteiger partial charge in [-0.3, -0.25) is 4.99 Å². The zero-order valence-electron chi connectivity index (χ0n) is 5.52. The van der Waals surface area contributed by atoms with Gasteiger partial charge in [-0.05, 0) is 6.42 Å². The van der Waals surface area contributed by atoms with Crippen LogP contribution in [0.25, 0.3) is 0 Å². The summed E-state index contributed by atoms with van der Waals surface area (Å²) in [5, 5.41) is 0. The number of aliphatic imine (C=N–C) groups is 1. The molecule has 0 bridgehead atoms. The topological polar surface area (TPSA) is 12.4 Å². The molecular weight excluding hydrogens is 134 g/mol. The van der Waals surface area contributed by atoms with Crippen molar-refractivity contribution in [3.05, 3.63) is 11.8 Å². The fourth-order valence-electron chi connectivity index (χ4n) is 0.838. The average molecular weight is 144 g/mol. The normalized spacial score (nSPS) is 17.6.